The first kappa shape index (κ1) is 20.7. The summed E-state index contributed by atoms with van der Waals surface area (Å²) in [4.78, 5) is 4.30. The molecular formula is C21H25F2N3O3. The summed E-state index contributed by atoms with van der Waals surface area (Å²) in [7, 11) is 0. The zero-order chi connectivity index (χ0) is 20.6. The van der Waals surface area contributed by atoms with Gasteiger partial charge < -0.3 is 25.3 Å². The summed E-state index contributed by atoms with van der Waals surface area (Å²) in [6.45, 7) is 0.197. The normalized spacial score (nSPS) is 16.1. The maximum Gasteiger partial charge on any atom is 0.387 e. The second-order valence-corrected chi connectivity index (χ2v) is 6.57. The van der Waals surface area contributed by atoms with Crippen LogP contribution in [0.3, 0.4) is 0 Å². The Kier molecular flexibility index (Phi) is 7.10. The van der Waals surface area contributed by atoms with Crippen LogP contribution in [0.15, 0.2) is 47.5 Å². The van der Waals surface area contributed by atoms with E-state index in [1.165, 1.54) is 6.07 Å². The molecule has 2 aromatic carbocycles. The Morgan fingerprint density at radius 3 is 2.93 bits per heavy atom. The van der Waals surface area contributed by atoms with Gasteiger partial charge in [0, 0.05) is 23.6 Å². The SMILES string of the molecule is CCCOc1ccc(CN=C(N)NC2CCOc3ccccc32)c(OC(F)F)c1. The Morgan fingerprint density at radius 2 is 2.14 bits per heavy atom. The Balaban J connectivity index is 1.70. The highest BCUT2D eigenvalue weighted by molar-refractivity contribution is 5.78. The van der Waals surface area contributed by atoms with E-state index < -0.39 is 6.61 Å². The minimum Gasteiger partial charge on any atom is -0.493 e. The third-order valence-electron chi connectivity index (χ3n) is 4.43. The van der Waals surface area contributed by atoms with Crippen molar-refractivity contribution in [1.82, 2.24) is 5.32 Å². The van der Waals surface area contributed by atoms with Crippen molar-refractivity contribution in [2.24, 2.45) is 10.7 Å². The highest BCUT2D eigenvalue weighted by atomic mass is 19.3. The molecule has 3 rings (SSSR count). The molecule has 0 amide bonds. The fraction of sp³-hybridized carbons (Fsp3) is 0.381. The van der Waals surface area contributed by atoms with Gasteiger partial charge in [0.25, 0.3) is 0 Å². The van der Waals surface area contributed by atoms with E-state index in [0.717, 1.165) is 24.2 Å². The Morgan fingerprint density at radius 1 is 1.31 bits per heavy atom. The van der Waals surface area contributed by atoms with Crippen LogP contribution in [0.5, 0.6) is 17.2 Å². The van der Waals surface area contributed by atoms with Crippen LogP contribution in [-0.4, -0.2) is 25.8 Å². The van der Waals surface area contributed by atoms with E-state index in [2.05, 4.69) is 15.0 Å². The number of hydrogen-bond donors (Lipinski definition) is 2. The zero-order valence-electron chi connectivity index (χ0n) is 16.2. The number of nitrogens with zero attached hydrogens (tertiary/aromatic N) is 1. The van der Waals surface area contributed by atoms with Gasteiger partial charge in [0.2, 0.25) is 0 Å². The van der Waals surface area contributed by atoms with E-state index >= 15 is 0 Å². The van der Waals surface area contributed by atoms with Crippen LogP contribution in [-0.2, 0) is 6.54 Å². The largest absolute Gasteiger partial charge is 0.493 e. The van der Waals surface area contributed by atoms with Gasteiger partial charge in [-0.25, -0.2) is 4.99 Å². The molecule has 29 heavy (non-hydrogen) atoms. The summed E-state index contributed by atoms with van der Waals surface area (Å²) >= 11 is 0. The summed E-state index contributed by atoms with van der Waals surface area (Å²) in [5.74, 6) is 1.54. The van der Waals surface area contributed by atoms with E-state index in [-0.39, 0.29) is 24.3 Å². The van der Waals surface area contributed by atoms with Gasteiger partial charge in [0.05, 0.1) is 25.8 Å². The van der Waals surface area contributed by atoms with Gasteiger partial charge in [-0.2, -0.15) is 8.78 Å². The lowest BCUT2D eigenvalue weighted by Crippen LogP contribution is -2.37. The van der Waals surface area contributed by atoms with Crippen molar-refractivity contribution in [1.29, 1.82) is 0 Å². The molecule has 1 unspecified atom stereocenters. The third-order valence-corrected chi connectivity index (χ3v) is 4.43. The lowest BCUT2D eigenvalue weighted by molar-refractivity contribution is -0.0505. The van der Waals surface area contributed by atoms with E-state index in [9.17, 15) is 8.78 Å². The van der Waals surface area contributed by atoms with Crippen molar-refractivity contribution >= 4 is 5.96 Å². The summed E-state index contributed by atoms with van der Waals surface area (Å²) in [5, 5.41) is 3.18. The van der Waals surface area contributed by atoms with E-state index in [1.807, 2.05) is 31.2 Å². The molecule has 0 aliphatic carbocycles. The van der Waals surface area contributed by atoms with Crippen molar-refractivity contribution in [2.45, 2.75) is 39.0 Å². The molecule has 2 aromatic rings. The average Bonchev–Trinajstić information content (AvgIpc) is 2.71. The molecule has 0 bridgehead atoms. The molecule has 8 heteroatoms. The van der Waals surface area contributed by atoms with Crippen LogP contribution < -0.4 is 25.3 Å². The molecule has 1 heterocycles. The van der Waals surface area contributed by atoms with Crippen LogP contribution in [0.4, 0.5) is 8.78 Å². The highest BCUT2D eigenvalue weighted by Crippen LogP contribution is 2.31. The lowest BCUT2D eigenvalue weighted by atomic mass is 10.0. The molecular weight excluding hydrogens is 380 g/mol. The number of hydrogen-bond acceptors (Lipinski definition) is 4. The minimum absolute atomic E-state index is 0.0229. The predicted octanol–water partition coefficient (Wildman–Crippen LogP) is 4.00. The summed E-state index contributed by atoms with van der Waals surface area (Å²) in [6.07, 6.45) is 1.56. The third kappa shape index (κ3) is 5.73. The molecule has 0 saturated carbocycles. The fourth-order valence-corrected chi connectivity index (χ4v) is 3.07. The molecule has 156 valence electrons. The number of ether oxygens (including phenoxy) is 3. The molecule has 1 aliphatic rings. The first-order valence-electron chi connectivity index (χ1n) is 9.55. The first-order chi connectivity index (χ1) is 14.1. The second-order valence-electron chi connectivity index (χ2n) is 6.57. The van der Waals surface area contributed by atoms with E-state index in [0.29, 0.717) is 24.5 Å². The average molecular weight is 405 g/mol. The number of nitrogens with two attached hydrogens (primary N) is 1. The standard InChI is InChI=1S/C21H25F2N3O3/c1-2-10-27-15-8-7-14(19(12-15)29-20(22)23)13-25-21(24)26-17-9-11-28-18-6-4-3-5-16(17)18/h3-8,12,17,20H,2,9-11,13H2,1H3,(H3,24,25,26). The van der Waals surface area contributed by atoms with E-state index in [1.54, 1.807) is 12.1 Å². The number of nitrogens with one attached hydrogen (secondary N) is 1. The van der Waals surface area contributed by atoms with Gasteiger partial charge >= 0.3 is 6.61 Å². The van der Waals surface area contributed by atoms with Gasteiger partial charge in [-0.05, 0) is 24.6 Å². The van der Waals surface area contributed by atoms with Gasteiger partial charge in [0.15, 0.2) is 5.96 Å². The predicted molar refractivity (Wildman–Crippen MR) is 107 cm³/mol. The van der Waals surface area contributed by atoms with Crippen LogP contribution in [0.2, 0.25) is 0 Å². The quantitative estimate of drug-likeness (QED) is 0.513. The van der Waals surface area contributed by atoms with Crippen molar-refractivity contribution in [3.8, 4) is 17.2 Å². The fourth-order valence-electron chi connectivity index (χ4n) is 3.07. The van der Waals surface area contributed by atoms with Gasteiger partial charge in [0.1, 0.15) is 17.2 Å². The number of rotatable bonds is 8. The number of halogens is 2. The molecule has 0 radical (unpaired) electrons. The van der Waals surface area contributed by atoms with Crippen molar-refractivity contribution in [2.75, 3.05) is 13.2 Å². The maximum absolute atomic E-state index is 12.8. The van der Waals surface area contributed by atoms with Gasteiger partial charge in [-0.3, -0.25) is 0 Å². The van der Waals surface area contributed by atoms with Crippen LogP contribution in [0.1, 0.15) is 36.9 Å². The molecule has 3 N–H and O–H groups in total. The molecule has 1 aliphatic heterocycles. The number of alkyl halides is 2. The second kappa shape index (κ2) is 9.95. The Labute approximate surface area is 168 Å². The lowest BCUT2D eigenvalue weighted by Gasteiger charge is -2.27. The molecule has 6 nitrogen and oxygen atoms in total. The van der Waals surface area contributed by atoms with E-state index in [4.69, 9.17) is 15.2 Å². The maximum atomic E-state index is 12.8. The highest BCUT2D eigenvalue weighted by Gasteiger charge is 2.21. The Hall–Kier alpha value is -3.03. The molecule has 0 saturated heterocycles. The Bertz CT molecular complexity index is 846. The number of benzene rings is 2. The van der Waals surface area contributed by atoms with Gasteiger partial charge in [-0.1, -0.05) is 25.1 Å². The number of fused-ring (bicyclic) bond motifs is 1. The summed E-state index contributed by atoms with van der Waals surface area (Å²) in [5.41, 5.74) is 7.54. The van der Waals surface area contributed by atoms with Crippen molar-refractivity contribution in [3.05, 3.63) is 53.6 Å². The smallest absolute Gasteiger partial charge is 0.387 e. The van der Waals surface area contributed by atoms with Crippen LogP contribution >= 0.6 is 0 Å². The topological polar surface area (TPSA) is 78.1 Å². The number of para-hydroxylation sites is 1. The number of guanidine groups is 1. The van der Waals surface area contributed by atoms with Gasteiger partial charge in [-0.15, -0.1) is 0 Å². The summed E-state index contributed by atoms with van der Waals surface area (Å²) in [6, 6.07) is 12.5. The van der Waals surface area contributed by atoms with Crippen LogP contribution in [0, 0.1) is 0 Å². The molecule has 1 atom stereocenters. The minimum atomic E-state index is -2.94. The van der Waals surface area contributed by atoms with Crippen molar-refractivity contribution < 1.29 is 23.0 Å². The van der Waals surface area contributed by atoms with Crippen LogP contribution in [0.25, 0.3) is 0 Å². The van der Waals surface area contributed by atoms with Crippen molar-refractivity contribution in [3.63, 3.8) is 0 Å². The molecule has 0 fully saturated rings. The monoisotopic (exact) mass is 405 g/mol. The molecule has 0 aromatic heterocycles. The molecule has 0 spiro atoms. The first-order valence-corrected chi connectivity index (χ1v) is 9.55. The zero-order valence-corrected chi connectivity index (χ0v) is 16.2. The number of aliphatic imine (C=N–C) groups is 1. The summed E-state index contributed by atoms with van der Waals surface area (Å²) < 4.78 is 41.3.